The molecule has 1 aromatic rings. The van der Waals surface area contributed by atoms with E-state index in [1.807, 2.05) is 0 Å². The number of nitrogens with one attached hydrogen (secondary N) is 2. The molecule has 1 aliphatic rings. The van der Waals surface area contributed by atoms with Crippen molar-refractivity contribution in [1.29, 1.82) is 0 Å². The van der Waals surface area contributed by atoms with Gasteiger partial charge in [0.05, 0.1) is 6.61 Å². The number of hydrogen-bond donors (Lipinski definition) is 2. The van der Waals surface area contributed by atoms with Crippen LogP contribution < -0.4 is 15.4 Å². The summed E-state index contributed by atoms with van der Waals surface area (Å²) in [5.74, 6) is 1.98. The molecule has 0 unspecified atom stereocenters. The first-order chi connectivity index (χ1) is 13.6. The van der Waals surface area contributed by atoms with Gasteiger partial charge in [-0.25, -0.2) is 4.39 Å². The first-order valence-corrected chi connectivity index (χ1v) is 10.2. The number of rotatable bonds is 9. The number of amides is 1. The second kappa shape index (κ2) is 14.4. The summed E-state index contributed by atoms with van der Waals surface area (Å²) in [4.78, 5) is 18.6. The molecular weight excluding hydrogens is 486 g/mol. The molecule has 1 aliphatic heterocycles. The van der Waals surface area contributed by atoms with Crippen molar-refractivity contribution >= 4 is 35.8 Å². The number of carbonyl (C=O) groups excluding carboxylic acids is 1. The minimum Gasteiger partial charge on any atom is -0.494 e. The second-order valence-electron chi connectivity index (χ2n) is 7.05. The largest absolute Gasteiger partial charge is 0.494 e. The van der Waals surface area contributed by atoms with Crippen LogP contribution in [0.5, 0.6) is 5.75 Å². The van der Waals surface area contributed by atoms with E-state index in [0.717, 1.165) is 57.8 Å². The van der Waals surface area contributed by atoms with Crippen LogP contribution in [-0.4, -0.2) is 56.6 Å². The Bertz CT molecular complexity index is 620. The van der Waals surface area contributed by atoms with Crippen molar-refractivity contribution in [3.63, 3.8) is 0 Å². The summed E-state index contributed by atoms with van der Waals surface area (Å²) in [5, 5.41) is 6.08. The number of carbonyl (C=O) groups is 1. The van der Waals surface area contributed by atoms with Crippen LogP contribution in [0.15, 0.2) is 29.3 Å². The third-order valence-electron chi connectivity index (χ3n) is 4.90. The highest BCUT2D eigenvalue weighted by atomic mass is 127. The number of unbranched alkanes of at least 4 members (excludes halogenated alkanes) is 1. The topological polar surface area (TPSA) is 66.0 Å². The van der Waals surface area contributed by atoms with Crippen LogP contribution in [0.1, 0.15) is 39.0 Å². The van der Waals surface area contributed by atoms with Crippen LogP contribution >= 0.6 is 24.0 Å². The lowest BCUT2D eigenvalue weighted by Crippen LogP contribution is -2.46. The first kappa shape index (κ1) is 25.5. The number of halogens is 2. The summed E-state index contributed by atoms with van der Waals surface area (Å²) in [6.07, 6.45) is 4.48. The second-order valence-corrected chi connectivity index (χ2v) is 7.05. The SMILES string of the molecule is CCNC(=NCCCCOc1ccc(F)cc1)N1CCC(CC(=O)NC)CC1.I. The molecule has 1 amide bonds. The zero-order valence-electron chi connectivity index (χ0n) is 17.5. The molecule has 0 saturated carbocycles. The Hall–Kier alpha value is -1.58. The fourth-order valence-electron chi connectivity index (χ4n) is 3.26. The van der Waals surface area contributed by atoms with Gasteiger partial charge in [-0.2, -0.15) is 0 Å². The molecule has 8 heteroatoms. The van der Waals surface area contributed by atoms with Crippen molar-refractivity contribution in [3.8, 4) is 5.75 Å². The van der Waals surface area contributed by atoms with E-state index in [9.17, 15) is 9.18 Å². The molecule has 0 aromatic heterocycles. The van der Waals surface area contributed by atoms with E-state index >= 15 is 0 Å². The number of likely N-dealkylation sites (tertiary alicyclic amines) is 1. The van der Waals surface area contributed by atoms with Crippen molar-refractivity contribution in [3.05, 3.63) is 30.1 Å². The standard InChI is InChI=1S/C21H33FN4O2.HI/c1-3-24-21(26-13-10-17(11-14-26)16-20(27)23-2)25-12-4-5-15-28-19-8-6-18(22)7-9-19;/h6-9,17H,3-5,10-16H2,1-2H3,(H,23,27)(H,24,25);1H. The van der Waals surface area contributed by atoms with Crippen LogP contribution in [0.3, 0.4) is 0 Å². The van der Waals surface area contributed by atoms with E-state index in [0.29, 0.717) is 24.7 Å². The Morgan fingerprint density at radius 2 is 1.93 bits per heavy atom. The van der Waals surface area contributed by atoms with Crippen LogP contribution in [-0.2, 0) is 4.79 Å². The lowest BCUT2D eigenvalue weighted by Gasteiger charge is -2.34. The number of benzene rings is 1. The van der Waals surface area contributed by atoms with Gasteiger partial charge in [0, 0.05) is 39.6 Å². The van der Waals surface area contributed by atoms with Gasteiger partial charge in [-0.05, 0) is 62.8 Å². The highest BCUT2D eigenvalue weighted by Crippen LogP contribution is 2.20. The summed E-state index contributed by atoms with van der Waals surface area (Å²) < 4.78 is 18.5. The fourth-order valence-corrected chi connectivity index (χ4v) is 3.26. The molecule has 2 rings (SSSR count). The monoisotopic (exact) mass is 520 g/mol. The van der Waals surface area contributed by atoms with Crippen LogP contribution in [0.2, 0.25) is 0 Å². The summed E-state index contributed by atoms with van der Waals surface area (Å²) in [6.45, 7) is 6.12. The number of aliphatic imine (C=N–C) groups is 1. The summed E-state index contributed by atoms with van der Waals surface area (Å²) in [6, 6.07) is 6.09. The van der Waals surface area contributed by atoms with Crippen molar-refractivity contribution in [2.75, 3.05) is 39.8 Å². The van der Waals surface area contributed by atoms with Gasteiger partial charge in [0.25, 0.3) is 0 Å². The van der Waals surface area contributed by atoms with E-state index in [1.165, 1.54) is 12.1 Å². The predicted octanol–water partition coefficient (Wildman–Crippen LogP) is 3.42. The van der Waals surface area contributed by atoms with Crippen molar-refractivity contribution in [2.24, 2.45) is 10.9 Å². The van der Waals surface area contributed by atoms with E-state index in [-0.39, 0.29) is 35.7 Å². The van der Waals surface area contributed by atoms with E-state index in [2.05, 4.69) is 22.5 Å². The smallest absolute Gasteiger partial charge is 0.220 e. The number of nitrogens with zero attached hydrogens (tertiary/aromatic N) is 2. The Balaban J connectivity index is 0.00000420. The number of piperidine rings is 1. The van der Waals surface area contributed by atoms with Crippen LogP contribution in [0.4, 0.5) is 4.39 Å². The maximum atomic E-state index is 12.9. The van der Waals surface area contributed by atoms with Gasteiger partial charge in [-0.1, -0.05) is 0 Å². The molecule has 29 heavy (non-hydrogen) atoms. The Kier molecular flexibility index (Phi) is 12.6. The zero-order valence-corrected chi connectivity index (χ0v) is 19.8. The molecule has 1 fully saturated rings. The molecule has 2 N–H and O–H groups in total. The first-order valence-electron chi connectivity index (χ1n) is 10.2. The maximum Gasteiger partial charge on any atom is 0.220 e. The molecule has 164 valence electrons. The number of guanidine groups is 1. The minimum absolute atomic E-state index is 0. The highest BCUT2D eigenvalue weighted by Gasteiger charge is 2.22. The van der Waals surface area contributed by atoms with Gasteiger partial charge in [0.1, 0.15) is 11.6 Å². The highest BCUT2D eigenvalue weighted by molar-refractivity contribution is 14.0. The third-order valence-corrected chi connectivity index (χ3v) is 4.90. The van der Waals surface area contributed by atoms with Crippen molar-refractivity contribution in [2.45, 2.75) is 39.0 Å². The average Bonchev–Trinajstić information content (AvgIpc) is 2.71. The van der Waals surface area contributed by atoms with E-state index in [1.54, 1.807) is 19.2 Å². The van der Waals surface area contributed by atoms with Gasteiger partial charge in [0.15, 0.2) is 5.96 Å². The number of ether oxygens (including phenoxy) is 1. The molecule has 0 aliphatic carbocycles. The van der Waals surface area contributed by atoms with Crippen molar-refractivity contribution < 1.29 is 13.9 Å². The molecule has 1 heterocycles. The third kappa shape index (κ3) is 9.64. The van der Waals surface area contributed by atoms with Gasteiger partial charge in [-0.3, -0.25) is 9.79 Å². The summed E-state index contributed by atoms with van der Waals surface area (Å²) in [5.41, 5.74) is 0. The van der Waals surface area contributed by atoms with E-state index in [4.69, 9.17) is 9.73 Å². The van der Waals surface area contributed by atoms with Gasteiger partial charge >= 0.3 is 0 Å². The van der Waals surface area contributed by atoms with Crippen molar-refractivity contribution in [1.82, 2.24) is 15.5 Å². The zero-order chi connectivity index (χ0) is 20.2. The Labute approximate surface area is 190 Å². The predicted molar refractivity (Wildman–Crippen MR) is 126 cm³/mol. The van der Waals surface area contributed by atoms with Crippen LogP contribution in [0.25, 0.3) is 0 Å². The summed E-state index contributed by atoms with van der Waals surface area (Å²) >= 11 is 0. The summed E-state index contributed by atoms with van der Waals surface area (Å²) in [7, 11) is 1.69. The van der Waals surface area contributed by atoms with Gasteiger partial charge in [0.2, 0.25) is 5.91 Å². The lowest BCUT2D eigenvalue weighted by atomic mass is 9.93. The average molecular weight is 520 g/mol. The minimum atomic E-state index is -0.254. The van der Waals surface area contributed by atoms with Gasteiger partial charge in [-0.15, -0.1) is 24.0 Å². The molecule has 0 bridgehead atoms. The lowest BCUT2D eigenvalue weighted by molar-refractivity contribution is -0.121. The molecule has 0 radical (unpaired) electrons. The molecule has 0 atom stereocenters. The Morgan fingerprint density at radius 3 is 2.55 bits per heavy atom. The van der Waals surface area contributed by atoms with E-state index < -0.39 is 0 Å². The molecule has 1 saturated heterocycles. The maximum absolute atomic E-state index is 12.9. The van der Waals surface area contributed by atoms with Gasteiger partial charge < -0.3 is 20.3 Å². The molecule has 1 aromatic carbocycles. The fraction of sp³-hybridized carbons (Fsp3) is 0.619. The molecule has 0 spiro atoms. The number of hydrogen-bond acceptors (Lipinski definition) is 3. The Morgan fingerprint density at radius 1 is 1.24 bits per heavy atom. The quantitative estimate of drug-likeness (QED) is 0.227. The normalized spacial score (nSPS) is 14.9. The molecule has 6 nitrogen and oxygen atoms in total. The molecular formula is C21H34FIN4O2. The van der Waals surface area contributed by atoms with Crippen LogP contribution in [0, 0.1) is 11.7 Å².